The van der Waals surface area contributed by atoms with Gasteiger partial charge in [0.1, 0.15) is 6.54 Å². The Balaban J connectivity index is 2.17. The van der Waals surface area contributed by atoms with Gasteiger partial charge in [-0.05, 0) is 44.2 Å². The Bertz CT molecular complexity index is 601. The third kappa shape index (κ3) is 5.06. The Morgan fingerprint density at radius 2 is 2.04 bits per heavy atom. The van der Waals surface area contributed by atoms with Crippen molar-refractivity contribution in [2.75, 3.05) is 13.1 Å². The molecular weight excluding hydrogens is 290 g/mol. The zero-order chi connectivity index (χ0) is 16.7. The van der Waals surface area contributed by atoms with Gasteiger partial charge in [0, 0.05) is 12.1 Å². The summed E-state index contributed by atoms with van der Waals surface area (Å²) in [5.41, 5.74) is 2.93. The van der Waals surface area contributed by atoms with Crippen molar-refractivity contribution in [2.24, 2.45) is 5.10 Å². The van der Waals surface area contributed by atoms with E-state index in [4.69, 9.17) is 0 Å². The highest BCUT2D eigenvalue weighted by atomic mass is 16.2. The van der Waals surface area contributed by atoms with Crippen LogP contribution in [0.25, 0.3) is 0 Å². The topological polar surface area (TPSA) is 61.8 Å². The number of nitrogens with zero attached hydrogens (tertiary/aromatic N) is 2. The minimum Gasteiger partial charge on any atom is -0.355 e. The Hall–Kier alpha value is -2.43. The van der Waals surface area contributed by atoms with Crippen LogP contribution in [0.2, 0.25) is 0 Å². The quantitative estimate of drug-likeness (QED) is 0.455. The standard InChI is InChI=1S/C18H23N3O2/c1-3-5-17(20-21(13-22)12-18(23)19-4-2)16-10-8-15(9-11-16)14-6-7-14/h3,5,8-11,13-14H,4,6-7,12H2,1-2H3,(H,19,23)/b5-3-,20-17+. The summed E-state index contributed by atoms with van der Waals surface area (Å²) < 4.78 is 0. The van der Waals surface area contributed by atoms with Gasteiger partial charge < -0.3 is 5.32 Å². The minimum atomic E-state index is -0.229. The van der Waals surface area contributed by atoms with E-state index in [1.807, 2.05) is 38.1 Å². The number of hydrogen-bond acceptors (Lipinski definition) is 3. The minimum absolute atomic E-state index is 0.0848. The van der Waals surface area contributed by atoms with Crippen LogP contribution in [0.3, 0.4) is 0 Å². The molecule has 0 aliphatic heterocycles. The van der Waals surface area contributed by atoms with Crippen molar-refractivity contribution in [2.45, 2.75) is 32.6 Å². The van der Waals surface area contributed by atoms with Crippen LogP contribution in [-0.4, -0.2) is 36.1 Å². The van der Waals surface area contributed by atoms with Crippen LogP contribution < -0.4 is 5.32 Å². The Labute approximate surface area is 137 Å². The van der Waals surface area contributed by atoms with E-state index in [-0.39, 0.29) is 12.5 Å². The third-order valence-corrected chi connectivity index (χ3v) is 3.62. The predicted molar refractivity (Wildman–Crippen MR) is 91.2 cm³/mol. The molecule has 5 nitrogen and oxygen atoms in total. The van der Waals surface area contributed by atoms with Gasteiger partial charge >= 0.3 is 0 Å². The number of nitrogens with one attached hydrogen (secondary N) is 1. The molecule has 1 aromatic rings. The molecule has 2 rings (SSSR count). The van der Waals surface area contributed by atoms with Crippen LogP contribution in [0.4, 0.5) is 0 Å². The second kappa shape index (κ2) is 8.27. The number of hydrogen-bond donors (Lipinski definition) is 1. The van der Waals surface area contributed by atoms with Crippen molar-refractivity contribution in [3.63, 3.8) is 0 Å². The highest BCUT2D eigenvalue weighted by Crippen LogP contribution is 2.39. The molecule has 0 heterocycles. The first-order chi connectivity index (χ1) is 11.2. The van der Waals surface area contributed by atoms with Crippen LogP contribution in [0, 0.1) is 0 Å². The normalized spacial score (nSPS) is 14.8. The molecule has 5 heteroatoms. The number of rotatable bonds is 8. The summed E-state index contributed by atoms with van der Waals surface area (Å²) in [6.45, 7) is 4.17. The Kier molecular flexibility index (Phi) is 6.09. The smallest absolute Gasteiger partial charge is 0.241 e. The fourth-order valence-electron chi connectivity index (χ4n) is 2.32. The van der Waals surface area contributed by atoms with E-state index in [9.17, 15) is 9.59 Å². The van der Waals surface area contributed by atoms with E-state index in [1.165, 1.54) is 18.4 Å². The maximum atomic E-state index is 11.6. The van der Waals surface area contributed by atoms with E-state index < -0.39 is 0 Å². The molecule has 122 valence electrons. The molecule has 0 atom stereocenters. The number of carbonyl (C=O) groups is 2. The summed E-state index contributed by atoms with van der Waals surface area (Å²) in [5, 5.41) is 8.08. The molecule has 1 N–H and O–H groups in total. The van der Waals surface area contributed by atoms with Crippen molar-refractivity contribution in [1.82, 2.24) is 10.3 Å². The average molecular weight is 313 g/mol. The molecule has 1 aliphatic rings. The lowest BCUT2D eigenvalue weighted by Crippen LogP contribution is -2.34. The fourth-order valence-corrected chi connectivity index (χ4v) is 2.32. The molecule has 0 bridgehead atoms. The molecule has 1 aromatic carbocycles. The van der Waals surface area contributed by atoms with E-state index in [1.54, 1.807) is 0 Å². The van der Waals surface area contributed by atoms with Crippen molar-refractivity contribution in [3.8, 4) is 0 Å². The van der Waals surface area contributed by atoms with Gasteiger partial charge in [-0.3, -0.25) is 9.59 Å². The van der Waals surface area contributed by atoms with Crippen LogP contribution in [-0.2, 0) is 9.59 Å². The summed E-state index contributed by atoms with van der Waals surface area (Å²) >= 11 is 0. The van der Waals surface area contributed by atoms with Crippen molar-refractivity contribution < 1.29 is 9.59 Å². The van der Waals surface area contributed by atoms with Gasteiger partial charge in [-0.1, -0.05) is 30.3 Å². The molecule has 1 fully saturated rings. The maximum Gasteiger partial charge on any atom is 0.241 e. The number of allylic oxidation sites excluding steroid dienone is 2. The monoisotopic (exact) mass is 313 g/mol. The van der Waals surface area contributed by atoms with E-state index in [2.05, 4.69) is 22.6 Å². The van der Waals surface area contributed by atoms with Crippen LogP contribution in [0.15, 0.2) is 41.5 Å². The number of amides is 2. The largest absolute Gasteiger partial charge is 0.355 e. The average Bonchev–Trinajstić information content (AvgIpc) is 3.39. The van der Waals surface area contributed by atoms with Gasteiger partial charge in [-0.25, -0.2) is 5.01 Å². The summed E-state index contributed by atoms with van der Waals surface area (Å²) in [5.74, 6) is 0.475. The summed E-state index contributed by atoms with van der Waals surface area (Å²) in [4.78, 5) is 22.8. The lowest BCUT2D eigenvalue weighted by Gasteiger charge is -2.13. The third-order valence-electron chi connectivity index (χ3n) is 3.62. The highest BCUT2D eigenvalue weighted by Gasteiger charge is 2.23. The summed E-state index contributed by atoms with van der Waals surface area (Å²) in [7, 11) is 0. The number of likely N-dealkylation sites (N-methyl/N-ethyl adjacent to an activating group) is 1. The van der Waals surface area contributed by atoms with E-state index in [0.29, 0.717) is 24.6 Å². The van der Waals surface area contributed by atoms with Crippen LogP contribution >= 0.6 is 0 Å². The van der Waals surface area contributed by atoms with Crippen molar-refractivity contribution >= 4 is 18.0 Å². The number of hydrazone groups is 1. The predicted octanol–water partition coefficient (Wildman–Crippen LogP) is 2.44. The molecule has 2 amide bonds. The molecule has 23 heavy (non-hydrogen) atoms. The lowest BCUT2D eigenvalue weighted by molar-refractivity contribution is -0.127. The molecule has 0 unspecified atom stereocenters. The second-order valence-electron chi connectivity index (χ2n) is 5.54. The molecule has 1 saturated carbocycles. The first-order valence-corrected chi connectivity index (χ1v) is 7.98. The van der Waals surface area contributed by atoms with Gasteiger partial charge in [-0.15, -0.1) is 0 Å². The van der Waals surface area contributed by atoms with Crippen molar-refractivity contribution in [1.29, 1.82) is 0 Å². The Morgan fingerprint density at radius 1 is 1.35 bits per heavy atom. The van der Waals surface area contributed by atoms with Gasteiger partial charge in [0.05, 0.1) is 5.71 Å². The molecule has 1 aliphatic carbocycles. The first kappa shape index (κ1) is 16.9. The highest BCUT2D eigenvalue weighted by molar-refractivity contribution is 6.08. The van der Waals surface area contributed by atoms with E-state index in [0.717, 1.165) is 10.6 Å². The SMILES string of the molecule is C/C=C\C(=N/N(C=O)CC(=O)NCC)c1ccc(C2CC2)cc1. The molecule has 0 saturated heterocycles. The second-order valence-corrected chi connectivity index (χ2v) is 5.54. The van der Waals surface area contributed by atoms with Gasteiger partial charge in [0.15, 0.2) is 0 Å². The van der Waals surface area contributed by atoms with Gasteiger partial charge in [0.2, 0.25) is 12.3 Å². The number of benzene rings is 1. The summed E-state index contributed by atoms with van der Waals surface area (Å²) in [6.07, 6.45) is 6.79. The first-order valence-electron chi connectivity index (χ1n) is 7.98. The molecule has 0 spiro atoms. The van der Waals surface area contributed by atoms with Crippen molar-refractivity contribution in [3.05, 3.63) is 47.5 Å². The Morgan fingerprint density at radius 3 is 2.57 bits per heavy atom. The molecular formula is C18H23N3O2. The fraction of sp³-hybridized carbons (Fsp3) is 0.389. The zero-order valence-electron chi connectivity index (χ0n) is 13.7. The number of carbonyl (C=O) groups excluding carboxylic acids is 2. The summed E-state index contributed by atoms with van der Waals surface area (Å²) in [6, 6.07) is 8.26. The molecule has 0 aromatic heterocycles. The molecule has 0 radical (unpaired) electrons. The van der Waals surface area contributed by atoms with Crippen LogP contribution in [0.5, 0.6) is 0 Å². The van der Waals surface area contributed by atoms with Gasteiger partial charge in [0.25, 0.3) is 0 Å². The van der Waals surface area contributed by atoms with Gasteiger partial charge in [-0.2, -0.15) is 5.10 Å². The van der Waals surface area contributed by atoms with Crippen LogP contribution in [0.1, 0.15) is 43.7 Å². The van der Waals surface area contributed by atoms with E-state index >= 15 is 0 Å². The zero-order valence-corrected chi connectivity index (χ0v) is 13.7. The maximum absolute atomic E-state index is 11.6. The lowest BCUT2D eigenvalue weighted by atomic mass is 10.0.